The lowest BCUT2D eigenvalue weighted by atomic mass is 9.80. The number of allylic oxidation sites excluding steroid dienone is 3. The molecule has 2 aromatic carbocycles. The number of carbonyl (C=O) groups is 1. The number of nitrogens with one attached hydrogen (secondary N) is 2. The molecule has 0 spiro atoms. The predicted octanol–water partition coefficient (Wildman–Crippen LogP) is 9.83. The van der Waals surface area contributed by atoms with Gasteiger partial charge in [-0.15, -0.1) is 0 Å². The van der Waals surface area contributed by atoms with Crippen LogP contribution < -0.4 is 11.1 Å². The molecule has 1 aliphatic heterocycles. The summed E-state index contributed by atoms with van der Waals surface area (Å²) in [6.07, 6.45) is 20.8. The van der Waals surface area contributed by atoms with Gasteiger partial charge in [-0.3, -0.25) is 4.79 Å². The zero-order valence-electron chi connectivity index (χ0n) is 38.7. The first-order valence-corrected chi connectivity index (χ1v) is 24.4. The number of aliphatic hydroxyl groups is 3. The van der Waals surface area contributed by atoms with Gasteiger partial charge in [-0.1, -0.05) is 102 Å². The molecule has 0 bridgehead atoms. The molecule has 1 aromatic heterocycles. The third-order valence-electron chi connectivity index (χ3n) is 14.4. The van der Waals surface area contributed by atoms with Gasteiger partial charge in [0.25, 0.3) is 0 Å². The number of carboxylic acids is 1. The molecule has 0 radical (unpaired) electrons. The monoisotopic (exact) mass is 880 g/mol. The highest BCUT2D eigenvalue weighted by Gasteiger charge is 2.46. The average molecular weight is 880 g/mol. The molecule has 6 rings (SSSR count). The number of hydrogen-bond donors (Lipinski definition) is 9. The fourth-order valence-corrected chi connectivity index (χ4v) is 11.0. The normalized spacial score (nSPS) is 24.3. The molecule has 3 aromatic rings. The van der Waals surface area contributed by atoms with Crippen molar-refractivity contribution in [3.05, 3.63) is 107 Å². The molecule has 2 aliphatic carbocycles. The number of unbranched alkanes of at least 4 members (excludes halogenated alkanes) is 4. The summed E-state index contributed by atoms with van der Waals surface area (Å²) in [7, 11) is 0. The minimum Gasteiger partial charge on any atom is -0.508 e. The average Bonchev–Trinajstić information content (AvgIpc) is 3.83. The highest BCUT2D eigenvalue weighted by molar-refractivity contribution is 5.71. The van der Waals surface area contributed by atoms with Crippen molar-refractivity contribution < 1.29 is 35.4 Å². The minimum absolute atomic E-state index is 0.0289. The summed E-state index contributed by atoms with van der Waals surface area (Å²) >= 11 is 0. The predicted molar refractivity (Wildman–Crippen MR) is 256 cm³/mol. The number of H-pyrrole nitrogens is 1. The van der Waals surface area contributed by atoms with Crippen LogP contribution in [0.2, 0.25) is 0 Å². The molecule has 10 heteroatoms. The maximum Gasteiger partial charge on any atom is 0.309 e. The Morgan fingerprint density at radius 1 is 0.938 bits per heavy atom. The first-order chi connectivity index (χ1) is 30.7. The van der Waals surface area contributed by atoms with E-state index >= 15 is 0 Å². The summed E-state index contributed by atoms with van der Waals surface area (Å²) in [5, 5.41) is 70.0. The topological polar surface area (TPSA) is 192 Å². The largest absolute Gasteiger partial charge is 0.508 e. The highest BCUT2D eigenvalue weighted by atomic mass is 16.4. The van der Waals surface area contributed by atoms with Crippen molar-refractivity contribution >= 4 is 5.97 Å². The fraction of sp³-hybridized carbons (Fsp3) is 0.574. The standard InChI is InChI=1S/C54H77N3O7/c1-4-5-7-12-36-17-18-39(50(60)28-36)13-8-6-9-16-45(53(62)63)49(59)21-23-54(64)34-38(26-37-22-24-56-52(55)29-37)27-42(54)31-43-19-20-48(57-43)46-32-44(58)33-51(61)47(46)30-41-15-11-10-14-40(41)25-35(2)3/h10-11,14-15,17-20,22,29,32-33,35-36,38-39,42,45,49-50,56-61,64H,4-9,12-13,16,21,23-28,30-31,34,55H2,1-3H3,(H,62,63). The summed E-state index contributed by atoms with van der Waals surface area (Å²) in [4.78, 5) is 16.1. The maximum atomic E-state index is 12.6. The van der Waals surface area contributed by atoms with E-state index in [1.165, 1.54) is 30.9 Å². The Morgan fingerprint density at radius 3 is 2.45 bits per heavy atom. The lowest BCUT2D eigenvalue weighted by molar-refractivity contribution is -0.146. The van der Waals surface area contributed by atoms with Crippen LogP contribution in [-0.4, -0.2) is 65.9 Å². The number of carboxylic acid groups (broad SMARTS) is 1. The lowest BCUT2D eigenvalue weighted by Gasteiger charge is -2.32. The first-order valence-electron chi connectivity index (χ1n) is 24.4. The minimum atomic E-state index is -1.14. The van der Waals surface area contributed by atoms with Gasteiger partial charge in [-0.2, -0.15) is 0 Å². The number of aromatic hydroxyl groups is 2. The molecule has 0 saturated heterocycles. The van der Waals surface area contributed by atoms with Crippen molar-refractivity contribution in [2.24, 2.45) is 41.2 Å². The third-order valence-corrected chi connectivity index (χ3v) is 14.4. The Bertz CT molecular complexity index is 2070. The Balaban J connectivity index is 1.11. The van der Waals surface area contributed by atoms with Crippen molar-refractivity contribution in [3.63, 3.8) is 0 Å². The Labute approximate surface area is 381 Å². The van der Waals surface area contributed by atoms with Gasteiger partial charge in [-0.25, -0.2) is 0 Å². The van der Waals surface area contributed by atoms with Crippen LogP contribution >= 0.6 is 0 Å². The van der Waals surface area contributed by atoms with Crippen molar-refractivity contribution in [2.75, 3.05) is 6.54 Å². The molecule has 3 aliphatic rings. The van der Waals surface area contributed by atoms with E-state index in [4.69, 9.17) is 5.73 Å². The number of aromatic nitrogens is 1. The van der Waals surface area contributed by atoms with Gasteiger partial charge in [0.2, 0.25) is 0 Å². The molecule has 10 nitrogen and oxygen atoms in total. The van der Waals surface area contributed by atoms with Crippen molar-refractivity contribution in [3.8, 4) is 22.8 Å². The van der Waals surface area contributed by atoms with E-state index in [-0.39, 0.29) is 48.2 Å². The first kappa shape index (κ1) is 48.9. The van der Waals surface area contributed by atoms with E-state index < -0.39 is 23.6 Å². The molecular weight excluding hydrogens is 803 g/mol. The second-order valence-electron chi connectivity index (χ2n) is 20.0. The SMILES string of the molecule is CCCCCC1C=CC(CCCCCC(C(=O)O)C(O)CCC2(O)CC(CC3=CCNC(N)=C3)CC2Cc2ccc(-c3cc(O)cc(O)c3Cc3ccccc3CC(C)C)[nH]2)C(O)C1. The Morgan fingerprint density at radius 2 is 1.72 bits per heavy atom. The van der Waals surface area contributed by atoms with E-state index in [1.807, 2.05) is 30.3 Å². The van der Waals surface area contributed by atoms with E-state index in [2.05, 4.69) is 61.4 Å². The summed E-state index contributed by atoms with van der Waals surface area (Å²) in [5.74, 6) is -0.248. The molecule has 8 unspecified atom stereocenters. The highest BCUT2D eigenvalue weighted by Crippen LogP contribution is 2.47. The zero-order valence-corrected chi connectivity index (χ0v) is 38.7. The van der Waals surface area contributed by atoms with E-state index in [1.54, 1.807) is 6.07 Å². The second kappa shape index (κ2) is 23.1. The summed E-state index contributed by atoms with van der Waals surface area (Å²) < 4.78 is 0. The number of aliphatic carboxylic acids is 1. The van der Waals surface area contributed by atoms with Gasteiger partial charge < -0.3 is 46.7 Å². The summed E-state index contributed by atoms with van der Waals surface area (Å²) in [6, 6.07) is 15.3. The number of benzene rings is 2. The number of aromatic amines is 1. The van der Waals surface area contributed by atoms with Crippen LogP contribution in [-0.2, 0) is 24.1 Å². The number of phenols is 2. The van der Waals surface area contributed by atoms with Crippen LogP contribution in [0.5, 0.6) is 11.5 Å². The molecular formula is C54H77N3O7. The van der Waals surface area contributed by atoms with E-state index in [0.29, 0.717) is 61.9 Å². The smallest absolute Gasteiger partial charge is 0.309 e. The summed E-state index contributed by atoms with van der Waals surface area (Å²) in [5.41, 5.74) is 11.6. The molecule has 8 atom stereocenters. The maximum absolute atomic E-state index is 12.6. The van der Waals surface area contributed by atoms with Crippen molar-refractivity contribution in [2.45, 2.75) is 154 Å². The molecule has 64 heavy (non-hydrogen) atoms. The van der Waals surface area contributed by atoms with Crippen molar-refractivity contribution in [1.29, 1.82) is 0 Å². The molecule has 2 heterocycles. The number of rotatable bonds is 24. The van der Waals surface area contributed by atoms with Crippen LogP contribution in [0, 0.1) is 35.5 Å². The molecule has 0 amide bonds. The van der Waals surface area contributed by atoms with Gasteiger partial charge >= 0.3 is 5.97 Å². The van der Waals surface area contributed by atoms with Crippen molar-refractivity contribution in [1.82, 2.24) is 10.3 Å². The number of nitrogens with two attached hydrogens (primary N) is 1. The van der Waals surface area contributed by atoms with Crippen LogP contribution in [0.25, 0.3) is 11.3 Å². The van der Waals surface area contributed by atoms with Gasteiger partial charge in [0.1, 0.15) is 11.5 Å². The number of phenolic OH excluding ortho intramolecular Hbond substituents is 2. The Hall–Kier alpha value is -4.51. The number of hydrogen-bond acceptors (Lipinski definition) is 8. The van der Waals surface area contributed by atoms with Crippen LogP contribution in [0.15, 0.2) is 84.2 Å². The van der Waals surface area contributed by atoms with Crippen LogP contribution in [0.3, 0.4) is 0 Å². The summed E-state index contributed by atoms with van der Waals surface area (Å²) in [6.45, 7) is 7.24. The fourth-order valence-electron chi connectivity index (χ4n) is 11.0. The zero-order chi connectivity index (χ0) is 45.8. The molecule has 1 fully saturated rings. The van der Waals surface area contributed by atoms with Gasteiger partial charge in [0, 0.05) is 47.5 Å². The Kier molecular flexibility index (Phi) is 17.7. The van der Waals surface area contributed by atoms with E-state index in [9.17, 15) is 35.4 Å². The van der Waals surface area contributed by atoms with E-state index in [0.717, 1.165) is 79.5 Å². The van der Waals surface area contributed by atoms with Crippen LogP contribution in [0.4, 0.5) is 0 Å². The second-order valence-corrected chi connectivity index (χ2v) is 20.0. The lowest BCUT2D eigenvalue weighted by Crippen LogP contribution is -2.37. The number of aliphatic hydroxyl groups excluding tert-OH is 2. The molecule has 350 valence electrons. The molecule has 10 N–H and O–H groups in total. The molecule has 1 saturated carbocycles. The number of dihydropyridines is 1. The third kappa shape index (κ3) is 13.5. The van der Waals surface area contributed by atoms with Gasteiger partial charge in [-0.05, 0) is 135 Å². The van der Waals surface area contributed by atoms with Crippen LogP contribution in [0.1, 0.15) is 139 Å². The van der Waals surface area contributed by atoms with Gasteiger partial charge in [0.15, 0.2) is 0 Å². The quantitative estimate of drug-likeness (QED) is 0.0311. The van der Waals surface area contributed by atoms with Gasteiger partial charge in [0.05, 0.1) is 29.5 Å².